The van der Waals surface area contributed by atoms with Crippen molar-refractivity contribution < 1.29 is 38.7 Å². The summed E-state index contributed by atoms with van der Waals surface area (Å²) >= 11 is 8.08. The smallest absolute Gasteiger partial charge is 0.327 e. The molecule has 0 unspecified atom stereocenters. The van der Waals surface area contributed by atoms with Crippen molar-refractivity contribution in [2.45, 2.75) is 81.3 Å². The summed E-state index contributed by atoms with van der Waals surface area (Å²) in [6, 6.07) is 13.0. The molecular formula is C43H56N12O8S2. The number of nitrogens with one attached hydrogen (secondary N) is 7. The van der Waals surface area contributed by atoms with Crippen LogP contribution in [0.2, 0.25) is 0 Å². The minimum Gasteiger partial charge on any atom is -0.480 e. The lowest BCUT2D eigenvalue weighted by molar-refractivity contribution is -0.141. The van der Waals surface area contributed by atoms with Crippen LogP contribution >= 0.6 is 25.3 Å². The Hall–Kier alpha value is -6.65. The number of aromatic nitrogens is 2. The van der Waals surface area contributed by atoms with Gasteiger partial charge in [-0.15, -0.1) is 0 Å². The molecule has 1 heterocycles. The number of imidazole rings is 1. The zero-order valence-electron chi connectivity index (χ0n) is 35.6. The molecule has 7 atom stereocenters. The van der Waals surface area contributed by atoms with Crippen molar-refractivity contribution in [3.63, 3.8) is 0 Å². The highest BCUT2D eigenvalue weighted by molar-refractivity contribution is 7.80. The minimum atomic E-state index is -1.38. The van der Waals surface area contributed by atoms with Crippen LogP contribution in [-0.2, 0) is 52.8 Å². The topological polar surface area (TPSA) is 331 Å². The lowest BCUT2D eigenvalue weighted by Gasteiger charge is -2.27. The van der Waals surface area contributed by atoms with Crippen LogP contribution in [0.5, 0.6) is 0 Å². The van der Waals surface area contributed by atoms with E-state index in [9.17, 15) is 38.7 Å². The number of carbonyl (C=O) groups excluding carboxylic acids is 6. The first-order valence-electron chi connectivity index (χ1n) is 20.6. The molecule has 0 radical (unpaired) electrons. The number of carboxylic acid groups (broad SMARTS) is 1. The summed E-state index contributed by atoms with van der Waals surface area (Å²) < 4.78 is 0. The van der Waals surface area contributed by atoms with Crippen molar-refractivity contribution in [3.8, 4) is 0 Å². The number of fused-ring (bicyclic) bond motifs is 1. The molecule has 22 heteroatoms. The fourth-order valence-corrected chi connectivity index (χ4v) is 6.92. The number of benzene rings is 3. The van der Waals surface area contributed by atoms with E-state index in [1.807, 2.05) is 36.4 Å². The molecule has 0 fully saturated rings. The number of carbonyl (C=O) groups is 7. The first-order chi connectivity index (χ1) is 31.1. The van der Waals surface area contributed by atoms with Gasteiger partial charge in [0.05, 0.1) is 12.4 Å². The van der Waals surface area contributed by atoms with Gasteiger partial charge in [0.2, 0.25) is 35.4 Å². The van der Waals surface area contributed by atoms with Gasteiger partial charge in [-0.3, -0.25) is 33.8 Å². The van der Waals surface area contributed by atoms with Gasteiger partial charge in [-0.1, -0.05) is 72.8 Å². The summed E-state index contributed by atoms with van der Waals surface area (Å²) in [5, 5.41) is 27.2. The van der Waals surface area contributed by atoms with E-state index in [1.165, 1.54) is 19.4 Å². The molecule has 20 nitrogen and oxygen atoms in total. The summed E-state index contributed by atoms with van der Waals surface area (Å²) in [4.78, 5) is 105. The maximum Gasteiger partial charge on any atom is 0.327 e. The Morgan fingerprint density at radius 1 is 0.662 bits per heavy atom. The molecule has 65 heavy (non-hydrogen) atoms. The molecule has 0 bridgehead atoms. The highest BCUT2D eigenvalue weighted by Gasteiger charge is 2.33. The van der Waals surface area contributed by atoms with Gasteiger partial charge in [-0.25, -0.2) is 9.78 Å². The Morgan fingerprint density at radius 3 is 1.80 bits per heavy atom. The third-order valence-electron chi connectivity index (χ3n) is 10.1. The number of aromatic amines is 1. The lowest BCUT2D eigenvalue weighted by Crippen LogP contribution is -2.60. The van der Waals surface area contributed by atoms with E-state index < -0.39 is 83.7 Å². The van der Waals surface area contributed by atoms with Crippen molar-refractivity contribution in [3.05, 3.63) is 102 Å². The number of hydrogen-bond donors (Lipinski definition) is 13. The predicted molar refractivity (Wildman–Crippen MR) is 251 cm³/mol. The van der Waals surface area contributed by atoms with Gasteiger partial charge in [0.25, 0.3) is 0 Å². The third kappa shape index (κ3) is 16.4. The minimum absolute atomic E-state index is 0.0273. The summed E-state index contributed by atoms with van der Waals surface area (Å²) in [5.74, 6) is -6.28. The van der Waals surface area contributed by atoms with Crippen molar-refractivity contribution in [2.75, 3.05) is 18.1 Å². The number of H-pyrrole nitrogens is 1. The summed E-state index contributed by atoms with van der Waals surface area (Å²) in [5.41, 5.74) is 18.6. The third-order valence-corrected chi connectivity index (χ3v) is 10.8. The highest BCUT2D eigenvalue weighted by Crippen LogP contribution is 2.17. The van der Waals surface area contributed by atoms with E-state index in [-0.39, 0.29) is 56.1 Å². The molecule has 1 aromatic heterocycles. The largest absolute Gasteiger partial charge is 0.480 e. The molecular weight excluding hydrogens is 877 g/mol. The van der Waals surface area contributed by atoms with E-state index in [1.54, 1.807) is 36.4 Å². The van der Waals surface area contributed by atoms with Crippen molar-refractivity contribution in [1.82, 2.24) is 41.9 Å². The summed E-state index contributed by atoms with van der Waals surface area (Å²) in [6.45, 7) is 1.48. The van der Waals surface area contributed by atoms with Crippen LogP contribution in [0.25, 0.3) is 10.8 Å². The molecule has 348 valence electrons. The van der Waals surface area contributed by atoms with E-state index in [4.69, 9.17) is 17.2 Å². The maximum absolute atomic E-state index is 14.4. The SMILES string of the molecule is C[C@@H](NC(=O)[C@@H](N)CS)C(=O)N[C@@H](Cc1cnc[nH]1)C(=O)N[C@H](Cc1ccccc1)C(=O)N[C@@H](CCCN=C(N)N)C(=O)N[C@@H](Cc1ccc2ccccc2c1)C(=O)N[C@@H](CS)C(=O)O. The fraction of sp³-hybridized carbons (Fsp3) is 0.372. The number of aliphatic imine (C=N–C) groups is 1. The Kier molecular flexibility index (Phi) is 20.1. The van der Waals surface area contributed by atoms with E-state index in [0.29, 0.717) is 16.8 Å². The first-order valence-corrected chi connectivity index (χ1v) is 21.9. The van der Waals surface area contributed by atoms with Gasteiger partial charge >= 0.3 is 5.97 Å². The van der Waals surface area contributed by atoms with Crippen molar-refractivity contribution >= 4 is 83.4 Å². The number of rotatable bonds is 25. The normalized spacial score (nSPS) is 14.2. The average Bonchev–Trinajstić information content (AvgIpc) is 3.81. The second-order valence-electron chi connectivity index (χ2n) is 15.2. The van der Waals surface area contributed by atoms with Gasteiger partial charge in [0.1, 0.15) is 36.3 Å². The zero-order valence-corrected chi connectivity index (χ0v) is 37.4. The Bertz CT molecular complexity index is 2280. The number of guanidine groups is 1. The van der Waals surface area contributed by atoms with Crippen LogP contribution in [0.3, 0.4) is 0 Å². The molecule has 6 amide bonds. The molecule has 0 spiro atoms. The summed E-state index contributed by atoms with van der Waals surface area (Å²) in [6.07, 6.45) is 2.76. The zero-order chi connectivity index (χ0) is 47.5. The molecule has 14 N–H and O–H groups in total. The first kappa shape index (κ1) is 51.0. The lowest BCUT2D eigenvalue weighted by atomic mass is 10.00. The van der Waals surface area contributed by atoms with Gasteiger partial charge in [0, 0.05) is 49.2 Å². The van der Waals surface area contributed by atoms with Crippen LogP contribution in [0, 0.1) is 0 Å². The van der Waals surface area contributed by atoms with Gasteiger partial charge in [-0.2, -0.15) is 25.3 Å². The van der Waals surface area contributed by atoms with Crippen LogP contribution in [-0.4, -0.2) is 123 Å². The van der Waals surface area contributed by atoms with Crippen LogP contribution in [0.1, 0.15) is 36.6 Å². The quantitative estimate of drug-likeness (QED) is 0.0162. The van der Waals surface area contributed by atoms with Crippen molar-refractivity contribution in [2.24, 2.45) is 22.2 Å². The molecule has 0 aliphatic rings. The molecule has 0 aliphatic heterocycles. The molecule has 3 aromatic carbocycles. The second-order valence-corrected chi connectivity index (χ2v) is 15.9. The van der Waals surface area contributed by atoms with E-state index >= 15 is 0 Å². The summed E-state index contributed by atoms with van der Waals surface area (Å²) in [7, 11) is 0. The fourth-order valence-electron chi connectivity index (χ4n) is 6.51. The predicted octanol–water partition coefficient (Wildman–Crippen LogP) is -1.16. The molecule has 0 saturated heterocycles. The molecule has 0 aliphatic carbocycles. The van der Waals surface area contributed by atoms with Gasteiger partial charge in [-0.05, 0) is 41.7 Å². The average molecular weight is 933 g/mol. The Balaban J connectivity index is 1.64. The monoisotopic (exact) mass is 932 g/mol. The number of carboxylic acids is 1. The number of nitrogens with zero attached hydrogens (tertiary/aromatic N) is 2. The van der Waals surface area contributed by atoms with Crippen LogP contribution < -0.4 is 49.1 Å². The van der Waals surface area contributed by atoms with Crippen LogP contribution in [0.15, 0.2) is 90.3 Å². The number of thiol groups is 2. The number of nitrogens with two attached hydrogens (primary N) is 3. The molecule has 0 saturated carbocycles. The highest BCUT2D eigenvalue weighted by atomic mass is 32.1. The number of aliphatic carboxylic acids is 1. The van der Waals surface area contributed by atoms with Crippen LogP contribution in [0.4, 0.5) is 0 Å². The Morgan fingerprint density at radius 2 is 1.22 bits per heavy atom. The second kappa shape index (κ2) is 25.6. The number of amides is 6. The van der Waals surface area contributed by atoms with Crippen molar-refractivity contribution in [1.29, 1.82) is 0 Å². The standard InChI is InChI=1S/C43H56N12O8S2/c1-24(50-37(57)30(44)21-64)36(56)52-34(19-29-20-47-23-49-29)41(61)54-32(17-25-8-3-2-4-9-25)39(59)51-31(12-7-15-48-43(45)46)38(58)53-33(40(60)55-35(22-65)42(62)63)18-26-13-14-27-10-5-6-11-28(27)16-26/h2-6,8-11,13-14,16,20,23-24,30-35,64-65H,7,12,15,17-19,21-22,44H2,1H3,(H,47,49)(H,50,57)(H,51,59)(H,52,56)(H,53,58)(H,54,61)(H,55,60)(H,62,63)(H4,45,46,48)/t24-,30+,31+,32-,33+,34+,35+/m1/s1. The molecule has 4 aromatic rings. The van der Waals surface area contributed by atoms with E-state index in [0.717, 1.165) is 10.8 Å². The van der Waals surface area contributed by atoms with E-state index in [2.05, 4.69) is 72.1 Å². The molecule has 4 rings (SSSR count). The van der Waals surface area contributed by atoms with Gasteiger partial charge < -0.3 is 59.2 Å². The Labute approximate surface area is 386 Å². The number of hydrogen-bond acceptors (Lipinski definition) is 12. The maximum atomic E-state index is 14.4. The van der Waals surface area contributed by atoms with Gasteiger partial charge in [0.15, 0.2) is 5.96 Å².